The lowest BCUT2D eigenvalue weighted by Gasteiger charge is -2.27. The van der Waals surface area contributed by atoms with Gasteiger partial charge in [0.2, 0.25) is 5.88 Å². The molecule has 0 spiro atoms. The van der Waals surface area contributed by atoms with Gasteiger partial charge in [0.25, 0.3) is 0 Å². The summed E-state index contributed by atoms with van der Waals surface area (Å²) in [6.07, 6.45) is 5.12. The lowest BCUT2D eigenvalue weighted by atomic mass is 9.87. The topological polar surface area (TPSA) is 47.0 Å². The molecule has 100 valence electrons. The van der Waals surface area contributed by atoms with Gasteiger partial charge >= 0.3 is 0 Å². The summed E-state index contributed by atoms with van der Waals surface area (Å²) < 4.78 is 5.45. The highest BCUT2D eigenvalue weighted by atomic mass is 16.5. The standard InChI is InChI=1S/C14H23N3O/c1-4-18-14-9-13(15-11(3)16-14)17-12-7-5-6-10(2)8-12/h9-10,12H,4-8H2,1-3H3,(H,15,16,17). The largest absolute Gasteiger partial charge is 0.478 e. The van der Waals surface area contributed by atoms with E-state index in [1.165, 1.54) is 25.7 Å². The maximum atomic E-state index is 5.45. The van der Waals surface area contributed by atoms with Crippen LogP contribution < -0.4 is 10.1 Å². The molecule has 1 aromatic rings. The van der Waals surface area contributed by atoms with E-state index in [9.17, 15) is 0 Å². The molecule has 0 aliphatic heterocycles. The van der Waals surface area contributed by atoms with Gasteiger partial charge in [-0.25, -0.2) is 4.98 Å². The highest BCUT2D eigenvalue weighted by molar-refractivity contribution is 5.39. The zero-order valence-electron chi connectivity index (χ0n) is 11.6. The van der Waals surface area contributed by atoms with E-state index >= 15 is 0 Å². The van der Waals surface area contributed by atoms with Crippen LogP contribution in [0.25, 0.3) is 0 Å². The van der Waals surface area contributed by atoms with Crippen molar-refractivity contribution in [1.82, 2.24) is 9.97 Å². The predicted octanol–water partition coefficient (Wildman–Crippen LogP) is 3.17. The average molecular weight is 249 g/mol. The Bertz CT molecular complexity index is 395. The van der Waals surface area contributed by atoms with Gasteiger partial charge in [-0.3, -0.25) is 0 Å². The van der Waals surface area contributed by atoms with E-state index in [2.05, 4.69) is 22.2 Å². The Balaban J connectivity index is 2.03. The van der Waals surface area contributed by atoms with E-state index < -0.39 is 0 Å². The number of aromatic nitrogens is 2. The molecule has 1 aromatic heterocycles. The minimum atomic E-state index is 0.539. The summed E-state index contributed by atoms with van der Waals surface area (Å²) in [5.74, 6) is 3.12. The van der Waals surface area contributed by atoms with Gasteiger partial charge in [-0.1, -0.05) is 19.8 Å². The molecular weight excluding hydrogens is 226 g/mol. The fourth-order valence-corrected chi connectivity index (χ4v) is 2.61. The first kappa shape index (κ1) is 13.1. The lowest BCUT2D eigenvalue weighted by molar-refractivity contribution is 0.325. The van der Waals surface area contributed by atoms with Gasteiger partial charge in [0.1, 0.15) is 11.6 Å². The van der Waals surface area contributed by atoms with E-state index in [4.69, 9.17) is 4.74 Å². The average Bonchev–Trinajstić information content (AvgIpc) is 2.28. The van der Waals surface area contributed by atoms with Crippen molar-refractivity contribution in [2.24, 2.45) is 5.92 Å². The molecule has 0 bridgehead atoms. The van der Waals surface area contributed by atoms with Crippen molar-refractivity contribution < 1.29 is 4.74 Å². The van der Waals surface area contributed by atoms with Crippen LogP contribution in [0, 0.1) is 12.8 Å². The highest BCUT2D eigenvalue weighted by Crippen LogP contribution is 2.26. The molecule has 1 fully saturated rings. The van der Waals surface area contributed by atoms with Gasteiger partial charge in [-0.2, -0.15) is 4.98 Å². The fourth-order valence-electron chi connectivity index (χ4n) is 2.61. The Labute approximate surface area is 109 Å². The summed E-state index contributed by atoms with van der Waals surface area (Å²) in [7, 11) is 0. The van der Waals surface area contributed by atoms with Crippen molar-refractivity contribution in [1.29, 1.82) is 0 Å². The Morgan fingerprint density at radius 1 is 1.39 bits per heavy atom. The molecule has 0 saturated heterocycles. The molecule has 1 heterocycles. The number of hydrogen-bond donors (Lipinski definition) is 1. The smallest absolute Gasteiger partial charge is 0.218 e. The quantitative estimate of drug-likeness (QED) is 0.890. The number of hydrogen-bond acceptors (Lipinski definition) is 4. The molecule has 1 aliphatic carbocycles. The summed E-state index contributed by atoms with van der Waals surface area (Å²) in [5.41, 5.74) is 0. The van der Waals surface area contributed by atoms with Crippen LogP contribution in [0.2, 0.25) is 0 Å². The molecule has 4 nitrogen and oxygen atoms in total. The van der Waals surface area contributed by atoms with Gasteiger partial charge in [-0.05, 0) is 32.6 Å². The summed E-state index contributed by atoms with van der Waals surface area (Å²) >= 11 is 0. The van der Waals surface area contributed by atoms with E-state index in [0.29, 0.717) is 18.5 Å². The van der Waals surface area contributed by atoms with Crippen LogP contribution >= 0.6 is 0 Å². The van der Waals surface area contributed by atoms with E-state index in [1.807, 2.05) is 19.9 Å². The molecule has 0 amide bonds. The second kappa shape index (κ2) is 6.03. The number of nitrogens with one attached hydrogen (secondary N) is 1. The number of aryl methyl sites for hydroxylation is 1. The van der Waals surface area contributed by atoms with Crippen LogP contribution in [-0.4, -0.2) is 22.6 Å². The molecule has 1 saturated carbocycles. The number of anilines is 1. The molecular formula is C14H23N3O. The summed E-state index contributed by atoms with van der Waals surface area (Å²) in [4.78, 5) is 8.69. The Morgan fingerprint density at radius 2 is 2.22 bits per heavy atom. The van der Waals surface area contributed by atoms with Crippen LogP contribution in [-0.2, 0) is 0 Å². The van der Waals surface area contributed by atoms with Gasteiger partial charge < -0.3 is 10.1 Å². The third-order valence-corrected chi connectivity index (χ3v) is 3.40. The molecule has 18 heavy (non-hydrogen) atoms. The van der Waals surface area contributed by atoms with Gasteiger partial charge in [0.15, 0.2) is 0 Å². The van der Waals surface area contributed by atoms with Crippen LogP contribution in [0.4, 0.5) is 5.82 Å². The second-order valence-electron chi connectivity index (χ2n) is 5.18. The normalized spacial score (nSPS) is 23.7. The predicted molar refractivity (Wildman–Crippen MR) is 73.0 cm³/mol. The monoisotopic (exact) mass is 249 g/mol. The summed E-state index contributed by atoms with van der Waals surface area (Å²) in [6, 6.07) is 2.44. The maximum Gasteiger partial charge on any atom is 0.218 e. The van der Waals surface area contributed by atoms with Crippen molar-refractivity contribution in [3.63, 3.8) is 0 Å². The Morgan fingerprint density at radius 3 is 2.94 bits per heavy atom. The minimum absolute atomic E-state index is 0.539. The number of rotatable bonds is 4. The Hall–Kier alpha value is -1.32. The van der Waals surface area contributed by atoms with Crippen molar-refractivity contribution in [2.45, 2.75) is 52.5 Å². The van der Waals surface area contributed by atoms with Crippen LogP contribution in [0.3, 0.4) is 0 Å². The third-order valence-electron chi connectivity index (χ3n) is 3.40. The number of ether oxygens (including phenoxy) is 1. The van der Waals surface area contributed by atoms with Gasteiger partial charge in [0, 0.05) is 12.1 Å². The fraction of sp³-hybridized carbons (Fsp3) is 0.714. The summed E-state index contributed by atoms with van der Waals surface area (Å²) in [6.45, 7) is 6.83. The first-order chi connectivity index (χ1) is 8.67. The zero-order chi connectivity index (χ0) is 13.0. The van der Waals surface area contributed by atoms with Crippen LogP contribution in [0.1, 0.15) is 45.4 Å². The van der Waals surface area contributed by atoms with E-state index in [1.54, 1.807) is 0 Å². The van der Waals surface area contributed by atoms with Crippen molar-refractivity contribution in [3.05, 3.63) is 11.9 Å². The summed E-state index contributed by atoms with van der Waals surface area (Å²) in [5, 5.41) is 3.52. The highest BCUT2D eigenvalue weighted by Gasteiger charge is 2.19. The SMILES string of the molecule is CCOc1cc(NC2CCCC(C)C2)nc(C)n1. The lowest BCUT2D eigenvalue weighted by Crippen LogP contribution is -2.26. The Kier molecular flexibility index (Phi) is 4.39. The van der Waals surface area contributed by atoms with Crippen LogP contribution in [0.5, 0.6) is 5.88 Å². The molecule has 2 atom stereocenters. The van der Waals surface area contributed by atoms with Crippen molar-refractivity contribution in [3.8, 4) is 5.88 Å². The first-order valence-corrected chi connectivity index (χ1v) is 6.92. The second-order valence-corrected chi connectivity index (χ2v) is 5.18. The maximum absolute atomic E-state index is 5.45. The van der Waals surface area contributed by atoms with Crippen molar-refractivity contribution in [2.75, 3.05) is 11.9 Å². The van der Waals surface area contributed by atoms with Crippen molar-refractivity contribution >= 4 is 5.82 Å². The molecule has 2 unspecified atom stereocenters. The molecule has 0 radical (unpaired) electrons. The van der Waals surface area contributed by atoms with Crippen LogP contribution in [0.15, 0.2) is 6.07 Å². The molecule has 1 aliphatic rings. The number of nitrogens with zero attached hydrogens (tertiary/aromatic N) is 2. The molecule has 2 rings (SSSR count). The third kappa shape index (κ3) is 3.59. The van der Waals surface area contributed by atoms with E-state index in [0.717, 1.165) is 17.6 Å². The molecule has 1 N–H and O–H groups in total. The van der Waals surface area contributed by atoms with E-state index in [-0.39, 0.29) is 0 Å². The minimum Gasteiger partial charge on any atom is -0.478 e. The zero-order valence-corrected chi connectivity index (χ0v) is 11.6. The van der Waals surface area contributed by atoms with Gasteiger partial charge in [-0.15, -0.1) is 0 Å². The molecule has 0 aromatic carbocycles. The first-order valence-electron chi connectivity index (χ1n) is 6.92. The van der Waals surface area contributed by atoms with Gasteiger partial charge in [0.05, 0.1) is 6.61 Å². The molecule has 4 heteroatoms.